The molecule has 0 fully saturated rings. The van der Waals surface area contributed by atoms with Gasteiger partial charge in [-0.1, -0.05) is 205 Å². The SMILES string of the molecule is Brc1ccccc1.IC(I)I.I[I-]I.[CH2-]I.[V].c1ccc(-c2cccc(Cc3cccc(-c4ccccn4)c3)c2)nc1.c1ccc(N(c2cccc(-c3ccccn3)c2)c2cccc(-c3ccccn3)c2)cc1. The summed E-state index contributed by atoms with van der Waals surface area (Å²) in [6.45, 7) is 0. The Kier molecular flexibility index (Phi) is 32.7. The van der Waals surface area contributed by atoms with Crippen LogP contribution in [0.3, 0.4) is 0 Å². The zero-order valence-electron chi connectivity index (χ0n) is 38.9. The minimum atomic E-state index is 0. The summed E-state index contributed by atoms with van der Waals surface area (Å²) in [6, 6.07) is 78.5. The van der Waals surface area contributed by atoms with Crippen molar-refractivity contribution in [2.24, 2.45) is 0 Å². The molecule has 0 saturated carbocycles. The Hall–Kier alpha value is -2.11. The van der Waals surface area contributed by atoms with E-state index < -0.39 is 0 Å². The second kappa shape index (κ2) is 37.6. The monoisotopic (exact) mass is 1840 g/mol. The molecule has 10 aromatic rings. The molecule has 0 unspecified atom stereocenters. The van der Waals surface area contributed by atoms with E-state index in [4.69, 9.17) is 0 Å². The van der Waals surface area contributed by atoms with Crippen molar-refractivity contribution in [1.29, 1.82) is 0 Å². The number of para-hydroxylation sites is 1. The van der Waals surface area contributed by atoms with Gasteiger partial charge in [-0.15, -0.1) is 0 Å². The fourth-order valence-corrected chi connectivity index (χ4v) is 7.40. The Labute approximate surface area is 536 Å². The molecule has 10 rings (SSSR count). The summed E-state index contributed by atoms with van der Waals surface area (Å²) in [5.74, 6) is 0. The third-order valence-electron chi connectivity index (χ3n) is 10.1. The molecule has 371 valence electrons. The van der Waals surface area contributed by atoms with E-state index in [0.717, 1.165) is 72.9 Å². The van der Waals surface area contributed by atoms with Crippen molar-refractivity contribution in [3.8, 4) is 45.0 Å². The van der Waals surface area contributed by atoms with Crippen LogP contribution in [0.1, 0.15) is 11.1 Å². The molecule has 14 heteroatoms. The van der Waals surface area contributed by atoms with Crippen molar-refractivity contribution >= 4 is 161 Å². The van der Waals surface area contributed by atoms with Crippen molar-refractivity contribution in [1.82, 2.24) is 19.9 Å². The average molecular weight is 1850 g/mol. The number of pyridine rings is 4. The molecule has 0 saturated heterocycles. The molecule has 0 aliphatic rings. The fraction of sp³-hybridized carbons (Fsp3) is 0.0339. The summed E-state index contributed by atoms with van der Waals surface area (Å²) in [5.41, 5.74) is 14.2. The van der Waals surface area contributed by atoms with Crippen LogP contribution in [0.2, 0.25) is 0 Å². The maximum Gasteiger partial charge on any atom is 0.0702 e. The van der Waals surface area contributed by atoms with Gasteiger partial charge >= 0.3 is 50.5 Å². The molecule has 0 spiro atoms. The second-order valence-electron chi connectivity index (χ2n) is 14.8. The molecule has 0 amide bonds. The van der Waals surface area contributed by atoms with Crippen LogP contribution in [-0.2, 0) is 25.0 Å². The van der Waals surface area contributed by atoms with Crippen LogP contribution < -0.4 is 18.2 Å². The first-order valence-electron chi connectivity index (χ1n) is 22.0. The van der Waals surface area contributed by atoms with E-state index in [1.54, 1.807) is 0 Å². The van der Waals surface area contributed by atoms with Crippen LogP contribution in [0.4, 0.5) is 17.1 Å². The third-order valence-corrected chi connectivity index (χ3v) is 10.6. The maximum atomic E-state index is 4.52. The molecule has 5 nitrogen and oxygen atoms in total. The standard InChI is InChI=1S/C28H21N3.C23H18N2.C6H5Br.CHI3.CH2I.I3.V/c1-2-12-24(13-3-1)31(25-14-8-10-22(20-25)27-16-4-6-18-29-27)26-15-9-11-23(21-26)28-17-5-7-19-30-28;1-3-13-24-22(11-1)20-9-5-7-18(16-20)15-19-8-6-10-21(17-19)23-12-2-4-14-25-23;7-6-4-2-1-3-5-6;2-1(3)4;1-2;1-3-2;/h1-21H;1-14,16-17H,15H2;1-5H;1H;1H2;;/q;;;;2*-1;. The predicted molar refractivity (Wildman–Crippen MR) is 357 cm³/mol. The molecule has 0 aliphatic heterocycles. The third kappa shape index (κ3) is 23.2. The van der Waals surface area contributed by atoms with Crippen LogP contribution in [0.25, 0.3) is 45.0 Å². The van der Waals surface area contributed by atoms with E-state index >= 15 is 0 Å². The van der Waals surface area contributed by atoms with Gasteiger partial charge in [0.25, 0.3) is 0 Å². The molecule has 4 heterocycles. The molecule has 73 heavy (non-hydrogen) atoms. The first-order chi connectivity index (χ1) is 35.3. The average Bonchev–Trinajstić information content (AvgIpc) is 3.44. The number of benzene rings is 6. The van der Waals surface area contributed by atoms with E-state index in [2.05, 4.69) is 272 Å². The Morgan fingerprint density at radius 1 is 0.397 bits per heavy atom. The molecule has 4 aromatic heterocycles. The summed E-state index contributed by atoms with van der Waals surface area (Å²) in [6.07, 6.45) is 8.21. The Morgan fingerprint density at radius 2 is 0.685 bits per heavy atom. The van der Waals surface area contributed by atoms with E-state index in [1.807, 2.05) is 157 Å². The van der Waals surface area contributed by atoms with E-state index in [-0.39, 0.29) is 18.6 Å². The summed E-state index contributed by atoms with van der Waals surface area (Å²) in [7, 11) is 0. The number of halogens is 8. The molecule has 6 aromatic carbocycles. The van der Waals surface area contributed by atoms with Gasteiger partial charge in [0.15, 0.2) is 0 Å². The van der Waals surface area contributed by atoms with Crippen LogP contribution in [0, 0.1) is 4.93 Å². The number of aromatic nitrogens is 4. The Bertz CT molecular complexity index is 2860. The summed E-state index contributed by atoms with van der Waals surface area (Å²) >= 11 is 17.5. The van der Waals surface area contributed by atoms with Crippen LogP contribution in [0.5, 0.6) is 0 Å². The van der Waals surface area contributed by atoms with E-state index in [0.29, 0.717) is 13.3 Å². The zero-order chi connectivity index (χ0) is 51.2. The number of alkyl halides is 3. The topological polar surface area (TPSA) is 54.8 Å². The van der Waals surface area contributed by atoms with Crippen LogP contribution >= 0.6 is 144 Å². The van der Waals surface area contributed by atoms with Crippen LogP contribution in [0.15, 0.2) is 260 Å². The largest absolute Gasteiger partial charge is 0.319 e. The molecular weight excluding hydrogens is 1800 g/mol. The zero-order valence-corrected chi connectivity index (χ0v) is 57.0. The van der Waals surface area contributed by atoms with Gasteiger partial charge in [-0.3, -0.25) is 24.9 Å². The van der Waals surface area contributed by atoms with Crippen molar-refractivity contribution in [3.05, 3.63) is 276 Å². The summed E-state index contributed by atoms with van der Waals surface area (Å²) in [5, 5.41) is 0. The van der Waals surface area contributed by atoms with Crippen molar-refractivity contribution in [2.45, 2.75) is 6.36 Å². The summed E-state index contributed by atoms with van der Waals surface area (Å²) < 4.78 is 1.88. The normalized spacial score (nSPS) is 9.82. The summed E-state index contributed by atoms with van der Waals surface area (Å²) in [4.78, 5) is 23.4. The molecular formula is C59H47BrI7N5V-2. The molecule has 1 radical (unpaired) electrons. The first-order valence-corrected chi connectivity index (χ1v) is 40.6. The van der Waals surface area contributed by atoms with Crippen LogP contribution in [-0.4, -0.2) is 19.9 Å². The van der Waals surface area contributed by atoms with Crippen molar-refractivity contribution in [2.75, 3.05) is 4.90 Å². The van der Waals surface area contributed by atoms with Crippen molar-refractivity contribution < 1.29 is 31.8 Å². The van der Waals surface area contributed by atoms with E-state index in [1.165, 1.54) is 11.1 Å². The number of hydrogen-bond acceptors (Lipinski definition) is 5. The number of anilines is 3. The molecule has 0 atom stereocenters. The molecule has 0 N–H and O–H groups in total. The molecule has 0 aliphatic carbocycles. The van der Waals surface area contributed by atoms with Gasteiger partial charge in [0.05, 0.1) is 22.8 Å². The quantitative estimate of drug-likeness (QED) is 0.0819. The predicted octanol–water partition coefficient (Wildman–Crippen LogP) is 17.7. The van der Waals surface area contributed by atoms with Crippen molar-refractivity contribution in [3.63, 3.8) is 0 Å². The Balaban J connectivity index is 0.000000245. The van der Waals surface area contributed by atoms with Gasteiger partial charge in [0, 0.05) is 87.1 Å². The smallest absolute Gasteiger partial charge is 0.0702 e. The minimum Gasteiger partial charge on any atom is -0.319 e. The second-order valence-corrected chi connectivity index (χ2v) is 42.9. The van der Waals surface area contributed by atoms with Gasteiger partial charge in [-0.05, 0) is 127 Å². The van der Waals surface area contributed by atoms with Gasteiger partial charge in [0.1, 0.15) is -0.0619 Å². The first kappa shape index (κ1) is 63.4. The number of rotatable bonds is 9. The van der Waals surface area contributed by atoms with Gasteiger partial charge < -0.3 is 27.5 Å². The Morgan fingerprint density at radius 3 is 0.986 bits per heavy atom. The molecule has 0 bridgehead atoms. The van der Waals surface area contributed by atoms with Gasteiger partial charge in [-0.2, -0.15) is 0 Å². The van der Waals surface area contributed by atoms with E-state index in [9.17, 15) is 0 Å². The minimum absolute atomic E-state index is 0. The van der Waals surface area contributed by atoms with Gasteiger partial charge in [0.2, 0.25) is 0 Å². The number of nitrogens with zero attached hydrogens (tertiary/aromatic N) is 5. The maximum absolute atomic E-state index is 4.52. The van der Waals surface area contributed by atoms with Gasteiger partial charge in [-0.25, -0.2) is 0 Å². The fourth-order valence-electron chi connectivity index (χ4n) is 7.10. The number of hydrogen-bond donors (Lipinski definition) is 0.